The Bertz CT molecular complexity index is 1600. The van der Waals surface area contributed by atoms with E-state index >= 15 is 0 Å². The number of rotatable bonds is 8. The van der Waals surface area contributed by atoms with E-state index in [0.717, 1.165) is 28.8 Å². The molecule has 0 aliphatic rings. The summed E-state index contributed by atoms with van der Waals surface area (Å²) in [6.45, 7) is 0.536. The number of non-ortho nitro benzene ring substituents is 1. The highest BCUT2D eigenvalue weighted by molar-refractivity contribution is 6.22. The largest absolute Gasteiger partial charge is 0.494 e. The maximum absolute atomic E-state index is 11.4. The van der Waals surface area contributed by atoms with Crippen molar-refractivity contribution in [2.45, 2.75) is 6.42 Å². The smallest absolute Gasteiger partial charge is 0.270 e. The number of imidazole rings is 1. The zero-order valence-corrected chi connectivity index (χ0v) is 19.8. The van der Waals surface area contributed by atoms with Crippen molar-refractivity contribution in [2.24, 2.45) is 10.7 Å². The fraction of sp³-hybridized carbons (Fsp3) is 0.0714. The van der Waals surface area contributed by atoms with Crippen molar-refractivity contribution >= 4 is 40.1 Å². The Morgan fingerprint density at radius 1 is 1.08 bits per heavy atom. The molecule has 5 rings (SSSR count). The first-order valence-corrected chi connectivity index (χ1v) is 11.7. The van der Waals surface area contributed by atoms with Crippen LogP contribution in [0.2, 0.25) is 0 Å². The molecular formula is C28H24N6O3. The molecule has 5 aromatic rings. The summed E-state index contributed by atoms with van der Waals surface area (Å²) < 4.78 is 0. The molecule has 9 nitrogen and oxygen atoms in total. The number of aromatic hydroxyl groups is 1. The number of nitrogens with one attached hydrogen (secondary N) is 2. The number of aromatic amines is 2. The monoisotopic (exact) mass is 492 g/mol. The number of hydrogen-bond donors (Lipinski definition) is 4. The zero-order chi connectivity index (χ0) is 25.8. The molecular weight excluding hydrogens is 468 g/mol. The third-order valence-corrected chi connectivity index (χ3v) is 5.98. The molecule has 0 spiro atoms. The van der Waals surface area contributed by atoms with Gasteiger partial charge in [-0.3, -0.25) is 10.1 Å². The van der Waals surface area contributed by atoms with Crippen LogP contribution in [-0.2, 0) is 6.42 Å². The van der Waals surface area contributed by atoms with Gasteiger partial charge in [0.25, 0.3) is 5.69 Å². The predicted molar refractivity (Wildman–Crippen MR) is 145 cm³/mol. The van der Waals surface area contributed by atoms with Gasteiger partial charge in [0.05, 0.1) is 40.1 Å². The van der Waals surface area contributed by atoms with Gasteiger partial charge in [-0.05, 0) is 48.4 Å². The Morgan fingerprint density at radius 2 is 1.86 bits per heavy atom. The van der Waals surface area contributed by atoms with Gasteiger partial charge >= 0.3 is 0 Å². The molecule has 3 aromatic carbocycles. The Morgan fingerprint density at radius 3 is 2.54 bits per heavy atom. The number of H-pyrrole nitrogens is 2. The minimum absolute atomic E-state index is 0.0706. The molecule has 2 aromatic heterocycles. The van der Waals surface area contributed by atoms with Crippen LogP contribution in [0, 0.1) is 10.1 Å². The van der Waals surface area contributed by atoms with Gasteiger partial charge in [-0.25, -0.2) is 9.98 Å². The first-order chi connectivity index (χ1) is 18.0. The number of hydrogen-bond acceptors (Lipinski definition) is 6. The van der Waals surface area contributed by atoms with Gasteiger partial charge in [0.1, 0.15) is 0 Å². The van der Waals surface area contributed by atoms with Gasteiger partial charge in [-0.15, -0.1) is 0 Å². The molecule has 0 aliphatic heterocycles. The lowest BCUT2D eigenvalue weighted by Crippen LogP contribution is -2.05. The molecule has 0 fully saturated rings. The van der Waals surface area contributed by atoms with Gasteiger partial charge < -0.3 is 20.8 Å². The van der Waals surface area contributed by atoms with E-state index in [1.807, 2.05) is 60.7 Å². The first-order valence-electron chi connectivity index (χ1n) is 11.7. The van der Waals surface area contributed by atoms with Gasteiger partial charge in [0.15, 0.2) is 5.88 Å². The highest BCUT2D eigenvalue weighted by Gasteiger charge is 2.21. The summed E-state index contributed by atoms with van der Waals surface area (Å²) in [6.07, 6.45) is 7.98. The molecule has 0 saturated carbocycles. The minimum Gasteiger partial charge on any atom is -0.494 e. The molecule has 0 atom stereocenters. The quantitative estimate of drug-likeness (QED) is 0.131. The van der Waals surface area contributed by atoms with Gasteiger partial charge in [0.2, 0.25) is 0 Å². The van der Waals surface area contributed by atoms with E-state index < -0.39 is 4.92 Å². The summed E-state index contributed by atoms with van der Waals surface area (Å²) in [5, 5.41) is 22.8. The molecule has 184 valence electrons. The average Bonchev–Trinajstić information content (AvgIpc) is 3.54. The van der Waals surface area contributed by atoms with Crippen molar-refractivity contribution in [1.82, 2.24) is 15.0 Å². The number of nitro groups is 1. The summed E-state index contributed by atoms with van der Waals surface area (Å²) in [7, 11) is 0. The van der Waals surface area contributed by atoms with Crippen molar-refractivity contribution < 1.29 is 10.0 Å². The second kappa shape index (κ2) is 10.3. The maximum Gasteiger partial charge on any atom is 0.270 e. The molecule has 0 radical (unpaired) electrons. The topological polar surface area (TPSA) is 146 Å². The molecule has 5 N–H and O–H groups in total. The summed E-state index contributed by atoms with van der Waals surface area (Å²) in [4.78, 5) is 25.8. The Balaban J connectivity index is 1.60. The van der Waals surface area contributed by atoms with Crippen LogP contribution < -0.4 is 5.73 Å². The number of fused-ring (bicyclic) bond motifs is 1. The fourth-order valence-electron chi connectivity index (χ4n) is 4.11. The van der Waals surface area contributed by atoms with E-state index in [2.05, 4.69) is 15.0 Å². The number of benzene rings is 3. The highest BCUT2D eigenvalue weighted by Crippen LogP contribution is 2.33. The van der Waals surface area contributed by atoms with E-state index in [4.69, 9.17) is 10.7 Å². The number of aromatic nitrogens is 3. The van der Waals surface area contributed by atoms with E-state index in [-0.39, 0.29) is 11.6 Å². The molecule has 0 aliphatic carbocycles. The third kappa shape index (κ3) is 5.16. The third-order valence-electron chi connectivity index (χ3n) is 5.98. The van der Waals surface area contributed by atoms with Crippen LogP contribution >= 0.6 is 0 Å². The van der Waals surface area contributed by atoms with Gasteiger partial charge in [-0.1, -0.05) is 42.5 Å². The van der Waals surface area contributed by atoms with Crippen molar-refractivity contribution in [3.8, 4) is 5.88 Å². The van der Waals surface area contributed by atoms with Crippen molar-refractivity contribution in [3.05, 3.63) is 117 Å². The summed E-state index contributed by atoms with van der Waals surface area (Å²) in [5.41, 5.74) is 11.5. The molecule has 2 heterocycles. The minimum atomic E-state index is -0.457. The van der Waals surface area contributed by atoms with Gasteiger partial charge in [0, 0.05) is 28.6 Å². The summed E-state index contributed by atoms with van der Waals surface area (Å²) in [5.74, 6) is -0.112. The van der Waals surface area contributed by atoms with E-state index in [1.54, 1.807) is 18.6 Å². The number of aliphatic imine (C=N–C) groups is 1. The normalized spacial score (nSPS) is 12.0. The first kappa shape index (κ1) is 23.7. The Kier molecular flexibility index (Phi) is 6.60. The van der Waals surface area contributed by atoms with E-state index in [1.165, 1.54) is 12.1 Å². The van der Waals surface area contributed by atoms with Crippen LogP contribution in [0.25, 0.3) is 23.1 Å². The molecule has 0 amide bonds. The maximum atomic E-state index is 11.4. The van der Waals surface area contributed by atoms with Crippen LogP contribution in [0.4, 0.5) is 11.4 Å². The lowest BCUT2D eigenvalue weighted by Gasteiger charge is -2.09. The highest BCUT2D eigenvalue weighted by atomic mass is 16.6. The molecule has 9 heteroatoms. The second-order valence-corrected chi connectivity index (χ2v) is 8.46. The molecule has 37 heavy (non-hydrogen) atoms. The lowest BCUT2D eigenvalue weighted by atomic mass is 9.98. The molecule has 0 unspecified atom stereocenters. The average molecular weight is 493 g/mol. The SMILES string of the molecule is NCCc1ccc(C(=Nc2ccc(/C=C/c3cnc[nH]3)cc2)c2c(O)[nH]c3ccc([N+](=O)[O-])cc23)cc1. The van der Waals surface area contributed by atoms with Crippen molar-refractivity contribution in [1.29, 1.82) is 0 Å². The predicted octanol–water partition coefficient (Wildman–Crippen LogP) is 5.35. The van der Waals surface area contributed by atoms with Crippen LogP contribution in [0.3, 0.4) is 0 Å². The van der Waals surface area contributed by atoms with Crippen LogP contribution in [-0.4, -0.2) is 37.2 Å². The molecule has 0 saturated heterocycles. The Labute approximate surface area is 212 Å². The standard InChI is InChI=1S/C28H24N6O3/c29-14-13-19-1-6-20(7-2-19)27(26-24-15-23(34(36)37)11-12-25(24)33-28(26)35)32-21-8-3-18(4-9-21)5-10-22-16-30-17-31-22/h1-12,15-17,33,35H,13-14,29H2,(H,30,31)/b10-5+,32-27?. The summed E-state index contributed by atoms with van der Waals surface area (Å²) >= 11 is 0. The summed E-state index contributed by atoms with van der Waals surface area (Å²) in [6, 6.07) is 19.8. The van der Waals surface area contributed by atoms with Gasteiger partial charge in [-0.2, -0.15) is 0 Å². The van der Waals surface area contributed by atoms with Crippen molar-refractivity contribution in [2.75, 3.05) is 6.54 Å². The second-order valence-electron chi connectivity index (χ2n) is 8.46. The number of nitrogens with two attached hydrogens (primary N) is 1. The zero-order valence-electron chi connectivity index (χ0n) is 19.8. The van der Waals surface area contributed by atoms with Crippen LogP contribution in [0.15, 0.2) is 84.2 Å². The Hall–Kier alpha value is -5.02. The van der Waals surface area contributed by atoms with E-state index in [9.17, 15) is 15.2 Å². The van der Waals surface area contributed by atoms with Crippen LogP contribution in [0.1, 0.15) is 27.9 Å². The van der Waals surface area contributed by atoms with E-state index in [0.29, 0.717) is 34.4 Å². The van der Waals surface area contributed by atoms with Crippen molar-refractivity contribution in [3.63, 3.8) is 0 Å². The van der Waals surface area contributed by atoms with Crippen LogP contribution in [0.5, 0.6) is 5.88 Å². The fourth-order valence-corrected chi connectivity index (χ4v) is 4.11. The molecule has 0 bridgehead atoms. The lowest BCUT2D eigenvalue weighted by molar-refractivity contribution is -0.384. The number of nitro benzene ring substituents is 1. The number of nitrogens with zero attached hydrogens (tertiary/aromatic N) is 3.